The highest BCUT2D eigenvalue weighted by atomic mass is 127. The molecular formula is C11H9IO6S2. The van der Waals surface area contributed by atoms with Gasteiger partial charge < -0.3 is 0 Å². The van der Waals surface area contributed by atoms with Crippen molar-refractivity contribution in [2.45, 2.75) is 16.7 Å². The third-order valence-electron chi connectivity index (χ3n) is 2.74. The van der Waals surface area contributed by atoms with Crippen LogP contribution >= 0.6 is 22.6 Å². The third kappa shape index (κ3) is 2.96. The number of aryl methyl sites for hydroxylation is 1. The average Bonchev–Trinajstić information content (AvgIpc) is 2.25. The summed E-state index contributed by atoms with van der Waals surface area (Å²) in [6, 6.07) is 4.91. The van der Waals surface area contributed by atoms with Crippen molar-refractivity contribution in [1.29, 1.82) is 0 Å². The molecule has 0 radical (unpaired) electrons. The Bertz CT molecular complexity index is 843. The predicted octanol–water partition coefficient (Wildman–Crippen LogP) is 2.25. The Kier molecular flexibility index (Phi) is 3.84. The largest absolute Gasteiger partial charge is 0.294 e. The molecule has 0 aliphatic rings. The van der Waals surface area contributed by atoms with E-state index in [9.17, 15) is 16.8 Å². The first-order valence-corrected chi connectivity index (χ1v) is 9.15. The number of hydrogen-bond donors (Lipinski definition) is 2. The third-order valence-corrected chi connectivity index (χ3v) is 5.25. The van der Waals surface area contributed by atoms with Gasteiger partial charge in [-0.25, -0.2) is 0 Å². The molecule has 0 aromatic heterocycles. The summed E-state index contributed by atoms with van der Waals surface area (Å²) in [5, 5.41) is 0.961. The Morgan fingerprint density at radius 1 is 0.900 bits per heavy atom. The molecule has 0 unspecified atom stereocenters. The van der Waals surface area contributed by atoms with Gasteiger partial charge in [-0.2, -0.15) is 16.8 Å². The second kappa shape index (κ2) is 4.91. The fraction of sp³-hybridized carbons (Fsp3) is 0.0909. The quantitative estimate of drug-likeness (QED) is 0.561. The van der Waals surface area contributed by atoms with Crippen LogP contribution in [-0.2, 0) is 20.2 Å². The van der Waals surface area contributed by atoms with E-state index in [2.05, 4.69) is 0 Å². The van der Waals surface area contributed by atoms with Gasteiger partial charge >= 0.3 is 0 Å². The van der Waals surface area contributed by atoms with Crippen molar-refractivity contribution in [3.63, 3.8) is 0 Å². The standard InChI is InChI=1S/C11H9IO6S2/c1-6-2-8(19(13,14)15)3-7-4-9(20(16,17)18)5-10(12)11(6)7/h2-5H,1H3,(H,13,14,15)(H,16,17,18). The first-order chi connectivity index (χ1) is 9.00. The van der Waals surface area contributed by atoms with Crippen molar-refractivity contribution >= 4 is 53.6 Å². The van der Waals surface area contributed by atoms with Crippen LogP contribution in [0.15, 0.2) is 34.1 Å². The summed E-state index contributed by atoms with van der Waals surface area (Å²) in [6.45, 7) is 1.65. The van der Waals surface area contributed by atoms with Crippen LogP contribution in [0.1, 0.15) is 5.56 Å². The number of benzene rings is 2. The van der Waals surface area contributed by atoms with E-state index in [0.29, 0.717) is 19.9 Å². The molecule has 2 aromatic carbocycles. The van der Waals surface area contributed by atoms with Gasteiger partial charge in [0.25, 0.3) is 20.2 Å². The van der Waals surface area contributed by atoms with E-state index < -0.39 is 20.2 Å². The van der Waals surface area contributed by atoms with Gasteiger partial charge in [0, 0.05) is 3.57 Å². The van der Waals surface area contributed by atoms with Crippen molar-refractivity contribution in [1.82, 2.24) is 0 Å². The molecule has 6 nitrogen and oxygen atoms in total. The van der Waals surface area contributed by atoms with E-state index in [1.807, 2.05) is 22.6 Å². The van der Waals surface area contributed by atoms with Gasteiger partial charge in [-0.3, -0.25) is 9.11 Å². The molecule has 0 atom stereocenters. The Balaban J connectivity index is 2.95. The summed E-state index contributed by atoms with van der Waals surface area (Å²) in [7, 11) is -8.79. The van der Waals surface area contributed by atoms with Crippen LogP contribution in [-0.4, -0.2) is 25.9 Å². The molecule has 2 aromatic rings. The molecular weight excluding hydrogens is 419 g/mol. The molecule has 0 amide bonds. The van der Waals surface area contributed by atoms with E-state index in [4.69, 9.17) is 9.11 Å². The molecule has 9 heteroatoms. The molecule has 0 spiro atoms. The molecule has 2 rings (SSSR count). The minimum atomic E-state index is -4.39. The highest BCUT2D eigenvalue weighted by Gasteiger charge is 2.17. The lowest BCUT2D eigenvalue weighted by molar-refractivity contribution is 0.481. The molecule has 108 valence electrons. The first-order valence-electron chi connectivity index (χ1n) is 5.19. The molecule has 0 aliphatic carbocycles. The zero-order valence-corrected chi connectivity index (χ0v) is 13.8. The Labute approximate surface area is 129 Å². The summed E-state index contributed by atoms with van der Waals surface area (Å²) in [6.07, 6.45) is 0. The number of hydrogen-bond acceptors (Lipinski definition) is 4. The summed E-state index contributed by atoms with van der Waals surface area (Å²) >= 11 is 1.89. The Morgan fingerprint density at radius 2 is 1.35 bits per heavy atom. The van der Waals surface area contributed by atoms with E-state index in [1.165, 1.54) is 12.1 Å². The second-order valence-corrected chi connectivity index (χ2v) is 8.20. The lowest BCUT2D eigenvalue weighted by Gasteiger charge is -2.09. The SMILES string of the molecule is Cc1cc(S(=O)(=O)O)cc2cc(S(=O)(=O)O)cc(I)c12. The van der Waals surface area contributed by atoms with Crippen LogP contribution in [0.25, 0.3) is 10.8 Å². The van der Waals surface area contributed by atoms with Gasteiger partial charge in [0.2, 0.25) is 0 Å². The maximum absolute atomic E-state index is 11.2. The van der Waals surface area contributed by atoms with Gasteiger partial charge in [0.15, 0.2) is 0 Å². The molecule has 2 N–H and O–H groups in total. The minimum absolute atomic E-state index is 0.303. The fourth-order valence-corrected chi connectivity index (χ4v) is 4.34. The van der Waals surface area contributed by atoms with Crippen molar-refractivity contribution in [2.75, 3.05) is 0 Å². The summed E-state index contributed by atoms with van der Waals surface area (Å²) < 4.78 is 63.4. The van der Waals surface area contributed by atoms with Gasteiger partial charge in [0.1, 0.15) is 0 Å². The van der Waals surface area contributed by atoms with Gasteiger partial charge in [-0.15, -0.1) is 0 Å². The zero-order valence-electron chi connectivity index (χ0n) is 10.0. The van der Waals surface area contributed by atoms with Crippen molar-refractivity contribution in [2.24, 2.45) is 0 Å². The van der Waals surface area contributed by atoms with Crippen molar-refractivity contribution < 1.29 is 25.9 Å². The van der Waals surface area contributed by atoms with Crippen molar-refractivity contribution in [3.05, 3.63) is 33.4 Å². The minimum Gasteiger partial charge on any atom is -0.282 e. The normalized spacial score (nSPS) is 12.8. The van der Waals surface area contributed by atoms with E-state index in [1.54, 1.807) is 6.92 Å². The Morgan fingerprint density at radius 3 is 1.80 bits per heavy atom. The van der Waals surface area contributed by atoms with Gasteiger partial charge in [0.05, 0.1) is 9.79 Å². The molecule has 0 aliphatic heterocycles. The van der Waals surface area contributed by atoms with Crippen LogP contribution in [0, 0.1) is 10.5 Å². The van der Waals surface area contributed by atoms with Crippen LogP contribution in [0.3, 0.4) is 0 Å². The van der Waals surface area contributed by atoms with Gasteiger partial charge in [-0.05, 0) is 70.1 Å². The lowest BCUT2D eigenvalue weighted by Crippen LogP contribution is -2.02. The lowest BCUT2D eigenvalue weighted by atomic mass is 10.1. The van der Waals surface area contributed by atoms with E-state index in [0.717, 1.165) is 12.1 Å². The molecule has 0 saturated carbocycles. The molecule has 20 heavy (non-hydrogen) atoms. The van der Waals surface area contributed by atoms with Crippen molar-refractivity contribution in [3.8, 4) is 0 Å². The molecule has 0 bridgehead atoms. The van der Waals surface area contributed by atoms with Gasteiger partial charge in [-0.1, -0.05) is 0 Å². The van der Waals surface area contributed by atoms with E-state index in [-0.39, 0.29) is 9.79 Å². The smallest absolute Gasteiger partial charge is 0.282 e. The van der Waals surface area contributed by atoms with E-state index >= 15 is 0 Å². The number of fused-ring (bicyclic) bond motifs is 1. The zero-order chi connectivity index (χ0) is 15.3. The molecule has 0 fully saturated rings. The van der Waals surface area contributed by atoms with Crippen LogP contribution in [0.4, 0.5) is 0 Å². The number of rotatable bonds is 2. The number of halogens is 1. The van der Waals surface area contributed by atoms with Crippen LogP contribution in [0.5, 0.6) is 0 Å². The highest BCUT2D eigenvalue weighted by molar-refractivity contribution is 14.1. The van der Waals surface area contributed by atoms with Crippen LogP contribution in [0.2, 0.25) is 0 Å². The summed E-state index contributed by atoms with van der Waals surface area (Å²) in [4.78, 5) is -0.660. The Hall–Kier alpha value is -0.750. The highest BCUT2D eigenvalue weighted by Crippen LogP contribution is 2.30. The molecule has 0 heterocycles. The summed E-state index contributed by atoms with van der Waals surface area (Å²) in [5.74, 6) is 0. The summed E-state index contributed by atoms with van der Waals surface area (Å²) in [5.41, 5.74) is 0.571. The molecule has 0 saturated heterocycles. The fourth-order valence-electron chi connectivity index (χ4n) is 1.91. The average molecular weight is 428 g/mol. The second-order valence-electron chi connectivity index (χ2n) is 4.19. The monoisotopic (exact) mass is 428 g/mol. The predicted molar refractivity (Wildman–Crippen MR) is 81.0 cm³/mol. The van der Waals surface area contributed by atoms with Crippen LogP contribution < -0.4 is 0 Å². The first kappa shape index (κ1) is 15.6. The topological polar surface area (TPSA) is 109 Å². The maximum Gasteiger partial charge on any atom is 0.294 e. The maximum atomic E-state index is 11.2.